The van der Waals surface area contributed by atoms with Crippen LogP contribution in [0.5, 0.6) is 0 Å². The van der Waals surface area contributed by atoms with Crippen molar-refractivity contribution in [2.45, 2.75) is 0 Å². The third kappa shape index (κ3) is 3.53. The van der Waals surface area contributed by atoms with Gasteiger partial charge in [-0.25, -0.2) is 9.97 Å². The van der Waals surface area contributed by atoms with Gasteiger partial charge in [0.15, 0.2) is 6.39 Å². The topological polar surface area (TPSA) is 135 Å². The van der Waals surface area contributed by atoms with Gasteiger partial charge in [-0.3, -0.25) is 9.89 Å². The van der Waals surface area contributed by atoms with Gasteiger partial charge in [0, 0.05) is 22.8 Å². The van der Waals surface area contributed by atoms with E-state index in [0.29, 0.717) is 16.0 Å². The third-order valence-corrected chi connectivity index (χ3v) is 4.91. The molecule has 0 aliphatic carbocycles. The van der Waals surface area contributed by atoms with Crippen LogP contribution < -0.4 is 10.6 Å². The van der Waals surface area contributed by atoms with E-state index >= 15 is 0 Å². The van der Waals surface area contributed by atoms with Crippen molar-refractivity contribution >= 4 is 44.8 Å². The first kappa shape index (κ1) is 17.0. The minimum Gasteiger partial charge on any atom is -0.438 e. The lowest BCUT2D eigenvalue weighted by Gasteiger charge is -2.03. The summed E-state index contributed by atoms with van der Waals surface area (Å²) in [5, 5.41) is 23.6. The van der Waals surface area contributed by atoms with Crippen LogP contribution in [0.4, 0.5) is 16.6 Å². The Hall–Kier alpha value is -4.12. The maximum absolute atomic E-state index is 12.1. The van der Waals surface area contributed by atoms with Crippen molar-refractivity contribution in [2.75, 3.05) is 10.6 Å². The molecule has 5 aromatic rings. The number of rotatable bonds is 5. The SMILES string of the molecule is O=C(Nc1cc(-c2nnc(Nc3ccc4[nH]ncc4c3)s2)ccn1)c1cnco1. The lowest BCUT2D eigenvalue weighted by molar-refractivity contribution is 0.0996. The number of anilines is 3. The van der Waals surface area contributed by atoms with E-state index in [4.69, 9.17) is 4.42 Å². The fraction of sp³-hybridized carbons (Fsp3) is 0. The van der Waals surface area contributed by atoms with Crippen LogP contribution in [-0.4, -0.2) is 36.3 Å². The molecule has 3 N–H and O–H groups in total. The van der Waals surface area contributed by atoms with Gasteiger partial charge < -0.3 is 15.1 Å². The molecule has 0 unspecified atom stereocenters. The Balaban J connectivity index is 1.34. The van der Waals surface area contributed by atoms with E-state index in [-0.39, 0.29) is 5.76 Å². The number of hydrogen-bond donors (Lipinski definition) is 3. The molecule has 5 rings (SSSR count). The molecule has 29 heavy (non-hydrogen) atoms. The first-order valence-corrected chi connectivity index (χ1v) is 9.26. The number of nitrogens with zero attached hydrogens (tertiary/aromatic N) is 5. The molecule has 4 heterocycles. The van der Waals surface area contributed by atoms with Gasteiger partial charge in [0.2, 0.25) is 10.9 Å². The zero-order valence-corrected chi connectivity index (χ0v) is 15.5. The number of benzene rings is 1. The van der Waals surface area contributed by atoms with Crippen LogP contribution in [0.25, 0.3) is 21.5 Å². The molecule has 0 spiro atoms. The van der Waals surface area contributed by atoms with Crippen LogP contribution in [0.2, 0.25) is 0 Å². The zero-order chi connectivity index (χ0) is 19.6. The predicted octanol–water partition coefficient (Wildman–Crippen LogP) is 3.46. The Kier molecular flexibility index (Phi) is 4.18. The van der Waals surface area contributed by atoms with Gasteiger partial charge in [-0.15, -0.1) is 10.2 Å². The monoisotopic (exact) mass is 404 g/mol. The molecular formula is C18H12N8O2S. The summed E-state index contributed by atoms with van der Waals surface area (Å²) in [6, 6.07) is 9.37. The second-order valence-electron chi connectivity index (χ2n) is 5.96. The number of aromatic nitrogens is 6. The van der Waals surface area contributed by atoms with Gasteiger partial charge in [-0.05, 0) is 30.3 Å². The van der Waals surface area contributed by atoms with Crippen molar-refractivity contribution in [1.29, 1.82) is 0 Å². The van der Waals surface area contributed by atoms with Crippen LogP contribution in [0.15, 0.2) is 59.7 Å². The van der Waals surface area contributed by atoms with E-state index < -0.39 is 5.91 Å². The highest BCUT2D eigenvalue weighted by atomic mass is 32.1. The summed E-state index contributed by atoms with van der Waals surface area (Å²) in [6.07, 6.45) is 5.88. The summed E-state index contributed by atoms with van der Waals surface area (Å²) in [5.41, 5.74) is 2.63. The van der Waals surface area contributed by atoms with Gasteiger partial charge >= 0.3 is 0 Å². The van der Waals surface area contributed by atoms with Gasteiger partial charge in [-0.1, -0.05) is 11.3 Å². The van der Waals surface area contributed by atoms with Crippen molar-refractivity contribution in [3.05, 3.63) is 61.1 Å². The second-order valence-corrected chi connectivity index (χ2v) is 6.94. The third-order valence-electron chi connectivity index (χ3n) is 4.02. The second kappa shape index (κ2) is 7.13. The van der Waals surface area contributed by atoms with E-state index in [1.54, 1.807) is 24.5 Å². The van der Waals surface area contributed by atoms with E-state index in [9.17, 15) is 4.79 Å². The summed E-state index contributed by atoms with van der Waals surface area (Å²) in [7, 11) is 0. The number of aromatic amines is 1. The Morgan fingerprint density at radius 1 is 1.14 bits per heavy atom. The normalized spacial score (nSPS) is 10.9. The van der Waals surface area contributed by atoms with Crippen molar-refractivity contribution in [2.24, 2.45) is 0 Å². The van der Waals surface area contributed by atoms with Crippen molar-refractivity contribution < 1.29 is 9.21 Å². The molecule has 0 saturated heterocycles. The van der Waals surface area contributed by atoms with Crippen LogP contribution >= 0.6 is 11.3 Å². The predicted molar refractivity (Wildman–Crippen MR) is 107 cm³/mol. The molecule has 0 aliphatic heterocycles. The fourth-order valence-corrected chi connectivity index (χ4v) is 3.43. The Bertz CT molecular complexity index is 1290. The van der Waals surface area contributed by atoms with E-state index in [2.05, 4.69) is 41.0 Å². The maximum atomic E-state index is 12.1. The summed E-state index contributed by atoms with van der Waals surface area (Å²) in [4.78, 5) is 20.0. The average molecular weight is 404 g/mol. The molecule has 0 aliphatic rings. The number of oxazole rings is 1. The van der Waals surface area contributed by atoms with Crippen LogP contribution in [-0.2, 0) is 0 Å². The van der Waals surface area contributed by atoms with Crippen LogP contribution in [0.1, 0.15) is 10.6 Å². The minimum absolute atomic E-state index is 0.106. The van der Waals surface area contributed by atoms with Gasteiger partial charge in [0.05, 0.1) is 17.9 Å². The molecule has 0 bridgehead atoms. The number of nitrogens with one attached hydrogen (secondary N) is 3. The smallest absolute Gasteiger partial charge is 0.294 e. The molecule has 142 valence electrons. The number of carbonyl (C=O) groups excluding carboxylic acids is 1. The molecular weight excluding hydrogens is 392 g/mol. The summed E-state index contributed by atoms with van der Waals surface area (Å²) >= 11 is 1.39. The number of pyridine rings is 1. The Morgan fingerprint density at radius 3 is 3.00 bits per heavy atom. The maximum Gasteiger partial charge on any atom is 0.294 e. The molecule has 0 atom stereocenters. The van der Waals surface area contributed by atoms with Crippen LogP contribution in [0.3, 0.4) is 0 Å². The van der Waals surface area contributed by atoms with E-state index in [1.165, 1.54) is 23.9 Å². The van der Waals surface area contributed by atoms with Gasteiger partial charge in [-0.2, -0.15) is 5.10 Å². The quantitative estimate of drug-likeness (QED) is 0.405. The number of H-pyrrole nitrogens is 1. The van der Waals surface area contributed by atoms with Gasteiger partial charge in [0.25, 0.3) is 5.91 Å². The first-order chi connectivity index (χ1) is 14.2. The standard InChI is InChI=1S/C18H12N8O2S/c27-16(14-8-19-9-28-14)23-15-6-10(3-4-20-15)17-25-26-18(29-17)22-12-1-2-13-11(5-12)7-21-24-13/h1-9H,(H,21,24)(H,22,26)(H,20,23,27). The fourth-order valence-electron chi connectivity index (χ4n) is 2.67. The molecule has 10 nitrogen and oxygen atoms in total. The van der Waals surface area contributed by atoms with Crippen LogP contribution in [0, 0.1) is 0 Å². The lowest BCUT2D eigenvalue weighted by Crippen LogP contribution is -2.11. The highest BCUT2D eigenvalue weighted by Crippen LogP contribution is 2.30. The van der Waals surface area contributed by atoms with Crippen molar-refractivity contribution in [3.63, 3.8) is 0 Å². The first-order valence-electron chi connectivity index (χ1n) is 8.44. The molecule has 0 radical (unpaired) electrons. The van der Waals surface area contributed by atoms with Crippen molar-refractivity contribution in [1.82, 2.24) is 30.4 Å². The summed E-state index contributed by atoms with van der Waals surface area (Å²) in [6.45, 7) is 0. The Labute approximate surface area is 167 Å². The number of hydrogen-bond acceptors (Lipinski definition) is 9. The van der Waals surface area contributed by atoms with E-state index in [1.807, 2.05) is 18.2 Å². The number of fused-ring (bicyclic) bond motifs is 1. The molecule has 4 aromatic heterocycles. The lowest BCUT2D eigenvalue weighted by atomic mass is 10.2. The molecule has 0 saturated carbocycles. The van der Waals surface area contributed by atoms with E-state index in [0.717, 1.165) is 22.2 Å². The van der Waals surface area contributed by atoms with Crippen molar-refractivity contribution in [3.8, 4) is 10.6 Å². The highest BCUT2D eigenvalue weighted by molar-refractivity contribution is 7.18. The van der Waals surface area contributed by atoms with Gasteiger partial charge in [0.1, 0.15) is 10.8 Å². The summed E-state index contributed by atoms with van der Waals surface area (Å²) in [5.74, 6) is 0.0506. The molecule has 1 aromatic carbocycles. The minimum atomic E-state index is -0.429. The highest BCUT2D eigenvalue weighted by Gasteiger charge is 2.12. The molecule has 0 fully saturated rings. The number of amides is 1. The zero-order valence-electron chi connectivity index (χ0n) is 14.7. The largest absolute Gasteiger partial charge is 0.438 e. The average Bonchev–Trinajstić information content (AvgIpc) is 3.49. The molecule has 11 heteroatoms. The molecule has 1 amide bonds. The Morgan fingerprint density at radius 2 is 2.10 bits per heavy atom. The number of carbonyl (C=O) groups is 1. The summed E-state index contributed by atoms with van der Waals surface area (Å²) < 4.78 is 4.98.